The number of benzene rings is 1. The maximum absolute atomic E-state index is 12.1. The number of aromatic nitrogens is 2. The Bertz CT molecular complexity index is 655. The van der Waals surface area contributed by atoms with Crippen LogP contribution in [-0.2, 0) is 6.54 Å². The number of fused-ring (bicyclic) bond motifs is 1. The van der Waals surface area contributed by atoms with Crippen molar-refractivity contribution in [2.24, 2.45) is 5.73 Å². The van der Waals surface area contributed by atoms with Crippen LogP contribution in [0.1, 0.15) is 12.8 Å². The van der Waals surface area contributed by atoms with E-state index >= 15 is 0 Å². The van der Waals surface area contributed by atoms with Crippen molar-refractivity contribution in [2.45, 2.75) is 19.4 Å². The molecule has 2 aromatic rings. The Morgan fingerprint density at radius 2 is 2.05 bits per heavy atom. The highest BCUT2D eigenvalue weighted by Gasteiger charge is 2.13. The van der Waals surface area contributed by atoms with Gasteiger partial charge in [0.2, 0.25) is 0 Å². The predicted octanol–water partition coefficient (Wildman–Crippen LogP) is 0.763. The van der Waals surface area contributed by atoms with Crippen molar-refractivity contribution in [2.75, 3.05) is 32.8 Å². The first-order valence-corrected chi connectivity index (χ1v) is 7.56. The number of nitrogens with one attached hydrogen (secondary N) is 1. The molecule has 0 atom stereocenters. The lowest BCUT2D eigenvalue weighted by molar-refractivity contribution is 0.322. The van der Waals surface area contributed by atoms with Gasteiger partial charge >= 0.3 is 5.69 Å². The van der Waals surface area contributed by atoms with E-state index < -0.39 is 0 Å². The molecular formula is C15H22N4O2. The molecule has 1 saturated heterocycles. The summed E-state index contributed by atoms with van der Waals surface area (Å²) in [6, 6.07) is 5.68. The number of likely N-dealkylation sites (tertiary alicyclic amines) is 1. The minimum atomic E-state index is -0.0554. The second-order valence-corrected chi connectivity index (χ2v) is 5.45. The maximum Gasteiger partial charge on any atom is 0.326 e. The first-order valence-electron chi connectivity index (χ1n) is 7.56. The number of H-pyrrole nitrogens is 1. The number of nitrogens with two attached hydrogens (primary N) is 1. The Kier molecular flexibility index (Phi) is 4.26. The highest BCUT2D eigenvalue weighted by atomic mass is 16.5. The molecule has 1 aliphatic rings. The van der Waals surface area contributed by atoms with Gasteiger partial charge in [-0.3, -0.25) is 4.57 Å². The molecule has 1 aliphatic heterocycles. The van der Waals surface area contributed by atoms with E-state index in [1.165, 1.54) is 12.8 Å². The van der Waals surface area contributed by atoms with Crippen LogP contribution in [0.3, 0.4) is 0 Å². The average molecular weight is 290 g/mol. The van der Waals surface area contributed by atoms with Gasteiger partial charge in [0, 0.05) is 25.7 Å². The summed E-state index contributed by atoms with van der Waals surface area (Å²) in [5.74, 6) is 0.737. The van der Waals surface area contributed by atoms with E-state index in [2.05, 4.69) is 9.88 Å². The van der Waals surface area contributed by atoms with Crippen LogP contribution in [-0.4, -0.2) is 47.2 Å². The van der Waals surface area contributed by atoms with Gasteiger partial charge in [-0.05, 0) is 38.1 Å². The molecule has 0 spiro atoms. The Labute approximate surface area is 123 Å². The first kappa shape index (κ1) is 14.2. The largest absolute Gasteiger partial charge is 0.492 e. The third-order valence-electron chi connectivity index (χ3n) is 3.97. The summed E-state index contributed by atoms with van der Waals surface area (Å²) in [7, 11) is 0. The monoisotopic (exact) mass is 290 g/mol. The average Bonchev–Trinajstić information content (AvgIpc) is 3.09. The normalized spacial score (nSPS) is 15.9. The fourth-order valence-corrected chi connectivity index (χ4v) is 2.88. The van der Waals surface area contributed by atoms with E-state index in [4.69, 9.17) is 10.5 Å². The van der Waals surface area contributed by atoms with E-state index in [1.54, 1.807) is 4.57 Å². The summed E-state index contributed by atoms with van der Waals surface area (Å²) in [5.41, 5.74) is 7.12. The van der Waals surface area contributed by atoms with Crippen molar-refractivity contribution in [1.82, 2.24) is 14.5 Å². The number of aromatic amines is 1. The van der Waals surface area contributed by atoms with Gasteiger partial charge in [-0.15, -0.1) is 0 Å². The second kappa shape index (κ2) is 6.32. The quantitative estimate of drug-likeness (QED) is 0.823. The molecule has 0 aliphatic carbocycles. The molecule has 1 aromatic heterocycles. The molecule has 6 nitrogen and oxygen atoms in total. The Morgan fingerprint density at radius 1 is 1.24 bits per heavy atom. The standard InChI is InChI=1S/C15H22N4O2/c16-5-10-21-12-3-4-14-13(11-12)17-15(20)19(14)9-8-18-6-1-2-7-18/h3-4,11H,1-2,5-10,16H2,(H,17,20). The second-order valence-electron chi connectivity index (χ2n) is 5.45. The van der Waals surface area contributed by atoms with E-state index in [0.717, 1.165) is 43.0 Å². The number of imidazole rings is 1. The Balaban J connectivity index is 1.78. The summed E-state index contributed by atoms with van der Waals surface area (Å²) in [5, 5.41) is 0. The van der Waals surface area contributed by atoms with Crippen LogP contribution >= 0.6 is 0 Å². The zero-order valence-electron chi connectivity index (χ0n) is 12.2. The molecule has 3 rings (SSSR count). The van der Waals surface area contributed by atoms with Gasteiger partial charge in [-0.25, -0.2) is 4.79 Å². The molecule has 0 unspecified atom stereocenters. The van der Waals surface area contributed by atoms with Crippen LogP contribution in [0.15, 0.2) is 23.0 Å². The summed E-state index contributed by atoms with van der Waals surface area (Å²) in [4.78, 5) is 17.4. The fraction of sp³-hybridized carbons (Fsp3) is 0.533. The van der Waals surface area contributed by atoms with E-state index in [9.17, 15) is 4.79 Å². The lowest BCUT2D eigenvalue weighted by Gasteiger charge is -2.14. The van der Waals surface area contributed by atoms with Crippen molar-refractivity contribution in [1.29, 1.82) is 0 Å². The number of hydrogen-bond acceptors (Lipinski definition) is 4. The molecular weight excluding hydrogens is 268 g/mol. The van der Waals surface area contributed by atoms with Crippen LogP contribution in [0.4, 0.5) is 0 Å². The van der Waals surface area contributed by atoms with Crippen LogP contribution in [0.5, 0.6) is 5.75 Å². The Hall–Kier alpha value is -1.79. The molecule has 21 heavy (non-hydrogen) atoms. The number of ether oxygens (including phenoxy) is 1. The molecule has 0 bridgehead atoms. The van der Waals surface area contributed by atoms with Gasteiger partial charge in [0.1, 0.15) is 12.4 Å². The Morgan fingerprint density at radius 3 is 2.81 bits per heavy atom. The third kappa shape index (κ3) is 3.11. The maximum atomic E-state index is 12.1. The van der Waals surface area contributed by atoms with Gasteiger partial charge in [0.25, 0.3) is 0 Å². The lowest BCUT2D eigenvalue weighted by Crippen LogP contribution is -2.28. The molecule has 6 heteroatoms. The summed E-state index contributed by atoms with van der Waals surface area (Å²) in [6.07, 6.45) is 2.54. The number of hydrogen-bond donors (Lipinski definition) is 2. The zero-order valence-corrected chi connectivity index (χ0v) is 12.2. The minimum absolute atomic E-state index is 0.0554. The molecule has 0 amide bonds. The van der Waals surface area contributed by atoms with E-state index in [-0.39, 0.29) is 5.69 Å². The number of nitrogens with zero attached hydrogens (tertiary/aromatic N) is 2. The third-order valence-corrected chi connectivity index (χ3v) is 3.97. The van der Waals surface area contributed by atoms with Gasteiger partial charge in [-0.2, -0.15) is 0 Å². The molecule has 0 saturated carbocycles. The van der Waals surface area contributed by atoms with Crippen LogP contribution in [0.25, 0.3) is 11.0 Å². The van der Waals surface area contributed by atoms with Crippen molar-refractivity contribution in [3.05, 3.63) is 28.7 Å². The van der Waals surface area contributed by atoms with Crippen molar-refractivity contribution in [3.8, 4) is 5.75 Å². The minimum Gasteiger partial charge on any atom is -0.492 e. The van der Waals surface area contributed by atoms with Crippen molar-refractivity contribution in [3.63, 3.8) is 0 Å². The van der Waals surface area contributed by atoms with Crippen LogP contribution in [0.2, 0.25) is 0 Å². The molecule has 1 fully saturated rings. The van der Waals surface area contributed by atoms with E-state index in [1.807, 2.05) is 18.2 Å². The van der Waals surface area contributed by atoms with Gasteiger partial charge in [0.05, 0.1) is 11.0 Å². The topological polar surface area (TPSA) is 76.3 Å². The van der Waals surface area contributed by atoms with Crippen molar-refractivity contribution >= 4 is 11.0 Å². The SMILES string of the molecule is NCCOc1ccc2c(c1)[nH]c(=O)n2CCN1CCCC1. The number of rotatable bonds is 6. The molecule has 0 radical (unpaired) electrons. The zero-order chi connectivity index (χ0) is 14.7. The predicted molar refractivity (Wildman–Crippen MR) is 82.8 cm³/mol. The van der Waals surface area contributed by atoms with Crippen LogP contribution in [0, 0.1) is 0 Å². The van der Waals surface area contributed by atoms with Gasteiger partial charge in [0.15, 0.2) is 0 Å². The summed E-state index contributed by atoms with van der Waals surface area (Å²) >= 11 is 0. The van der Waals surface area contributed by atoms with Gasteiger partial charge in [-0.1, -0.05) is 0 Å². The molecule has 1 aromatic carbocycles. The smallest absolute Gasteiger partial charge is 0.326 e. The molecule has 114 valence electrons. The first-order chi connectivity index (χ1) is 10.3. The highest BCUT2D eigenvalue weighted by molar-refractivity contribution is 5.76. The summed E-state index contributed by atoms with van der Waals surface area (Å²) in [6.45, 7) is 4.90. The summed E-state index contributed by atoms with van der Waals surface area (Å²) < 4.78 is 7.30. The molecule has 3 N–H and O–H groups in total. The lowest BCUT2D eigenvalue weighted by atomic mass is 10.3. The molecule has 2 heterocycles. The fourth-order valence-electron chi connectivity index (χ4n) is 2.88. The van der Waals surface area contributed by atoms with E-state index in [0.29, 0.717) is 13.2 Å². The van der Waals surface area contributed by atoms with Crippen molar-refractivity contribution < 1.29 is 4.74 Å². The highest BCUT2D eigenvalue weighted by Crippen LogP contribution is 2.18. The van der Waals surface area contributed by atoms with Gasteiger partial charge < -0.3 is 20.4 Å². The van der Waals surface area contributed by atoms with Crippen LogP contribution < -0.4 is 16.2 Å².